The number of morpholine rings is 1. The van der Waals surface area contributed by atoms with Crippen molar-refractivity contribution in [3.63, 3.8) is 0 Å². The average Bonchev–Trinajstić information content (AvgIpc) is 3.32. The number of rotatable bonds is 6. The third-order valence-electron chi connectivity index (χ3n) is 5.01. The Morgan fingerprint density at radius 1 is 1.19 bits per heavy atom. The summed E-state index contributed by atoms with van der Waals surface area (Å²) in [5.41, 5.74) is 1.05. The van der Waals surface area contributed by atoms with Crippen molar-refractivity contribution in [2.75, 3.05) is 39.4 Å². The zero-order valence-corrected chi connectivity index (χ0v) is 16.3. The summed E-state index contributed by atoms with van der Waals surface area (Å²) in [6.07, 6.45) is 2.95. The van der Waals surface area contributed by atoms with Crippen LogP contribution in [-0.2, 0) is 4.74 Å². The van der Waals surface area contributed by atoms with Crippen LogP contribution in [0.2, 0.25) is 0 Å². The highest BCUT2D eigenvalue weighted by Gasteiger charge is 2.39. The zero-order chi connectivity index (χ0) is 17.8. The molecule has 2 atom stereocenters. The first-order chi connectivity index (χ1) is 12.8. The van der Waals surface area contributed by atoms with Crippen LogP contribution in [0.1, 0.15) is 29.1 Å². The summed E-state index contributed by atoms with van der Waals surface area (Å²) in [5, 5.41) is 6.49. The molecule has 0 unspecified atom stereocenters. The second-order valence-corrected chi connectivity index (χ2v) is 8.01. The minimum atomic E-state index is 0.103. The van der Waals surface area contributed by atoms with Gasteiger partial charge in [0.1, 0.15) is 0 Å². The maximum absolute atomic E-state index is 5.70. The summed E-state index contributed by atoms with van der Waals surface area (Å²) in [7, 11) is 0. The van der Waals surface area contributed by atoms with Crippen molar-refractivity contribution >= 4 is 28.7 Å². The van der Waals surface area contributed by atoms with E-state index in [-0.39, 0.29) is 12.1 Å². The molecule has 0 spiro atoms. The maximum atomic E-state index is 5.70. The molecule has 0 saturated carbocycles. The molecule has 7 heteroatoms. The molecule has 5 nitrogen and oxygen atoms in total. The first-order valence-electron chi connectivity index (χ1n) is 9.14. The molecule has 2 fully saturated rings. The van der Waals surface area contributed by atoms with Crippen LogP contribution >= 0.6 is 23.6 Å². The zero-order valence-electron chi connectivity index (χ0n) is 14.7. The molecule has 1 N–H and O–H groups in total. The number of thiocarbonyl (C=S) groups is 1. The SMILES string of the molecule is S=C1N[C@@H](c2ccccn2)[C@H](c2cccs2)N1CCCN1CCOCC1. The lowest BCUT2D eigenvalue weighted by Crippen LogP contribution is -2.38. The van der Waals surface area contributed by atoms with E-state index >= 15 is 0 Å². The Bertz CT molecular complexity index is 704. The fraction of sp³-hybridized carbons (Fsp3) is 0.474. The minimum Gasteiger partial charge on any atom is -0.379 e. The van der Waals surface area contributed by atoms with Gasteiger partial charge in [-0.1, -0.05) is 12.1 Å². The van der Waals surface area contributed by atoms with Gasteiger partial charge in [-0.15, -0.1) is 11.3 Å². The standard InChI is InChI=1S/C19H24N4OS2/c25-19-21-17(15-5-1-2-7-20-15)18(16-6-3-14-26-16)23(19)9-4-8-22-10-12-24-13-11-22/h1-3,5-7,14,17-18H,4,8-13H2,(H,21,25)/t17-,18-/m0/s1. The van der Waals surface area contributed by atoms with Gasteiger partial charge in [-0.05, 0) is 42.2 Å². The molecule has 0 bridgehead atoms. The van der Waals surface area contributed by atoms with Crippen molar-refractivity contribution < 1.29 is 4.74 Å². The van der Waals surface area contributed by atoms with Crippen LogP contribution in [0.25, 0.3) is 0 Å². The average molecular weight is 389 g/mol. The first-order valence-corrected chi connectivity index (χ1v) is 10.4. The van der Waals surface area contributed by atoms with Crippen LogP contribution in [0.5, 0.6) is 0 Å². The van der Waals surface area contributed by atoms with Crippen LogP contribution in [-0.4, -0.2) is 59.3 Å². The van der Waals surface area contributed by atoms with Gasteiger partial charge in [0.15, 0.2) is 5.11 Å². The maximum Gasteiger partial charge on any atom is 0.170 e. The Morgan fingerprint density at radius 3 is 2.81 bits per heavy atom. The van der Waals surface area contributed by atoms with E-state index in [9.17, 15) is 0 Å². The van der Waals surface area contributed by atoms with E-state index in [1.165, 1.54) is 4.88 Å². The molecular weight excluding hydrogens is 364 g/mol. The number of thiophene rings is 1. The number of ether oxygens (including phenoxy) is 1. The third-order valence-corrected chi connectivity index (χ3v) is 6.30. The molecule has 2 aliphatic heterocycles. The molecule has 0 aliphatic carbocycles. The Balaban J connectivity index is 1.48. The first kappa shape index (κ1) is 17.9. The topological polar surface area (TPSA) is 40.6 Å². The molecule has 138 valence electrons. The van der Waals surface area contributed by atoms with Gasteiger partial charge in [-0.25, -0.2) is 0 Å². The Hall–Kier alpha value is -1.54. The molecule has 4 rings (SSSR count). The van der Waals surface area contributed by atoms with Crippen molar-refractivity contribution in [1.29, 1.82) is 0 Å². The Labute approximate surface area is 164 Å². The van der Waals surface area contributed by atoms with E-state index in [0.717, 1.165) is 56.6 Å². The molecule has 0 amide bonds. The molecule has 2 aromatic heterocycles. The van der Waals surface area contributed by atoms with Gasteiger partial charge in [0.25, 0.3) is 0 Å². The Kier molecular flexibility index (Phi) is 5.79. The normalized spacial score (nSPS) is 24.0. The smallest absolute Gasteiger partial charge is 0.170 e. The number of nitrogens with one attached hydrogen (secondary N) is 1. The largest absolute Gasteiger partial charge is 0.379 e. The fourth-order valence-electron chi connectivity index (χ4n) is 3.70. The van der Waals surface area contributed by atoms with Gasteiger partial charge in [-0.2, -0.15) is 0 Å². The van der Waals surface area contributed by atoms with Gasteiger partial charge in [0, 0.05) is 37.3 Å². The second kappa shape index (κ2) is 8.43. The number of hydrogen-bond donors (Lipinski definition) is 1. The van der Waals surface area contributed by atoms with E-state index in [4.69, 9.17) is 17.0 Å². The molecule has 26 heavy (non-hydrogen) atoms. The quantitative estimate of drug-likeness (QED) is 0.768. The van der Waals surface area contributed by atoms with Crippen molar-refractivity contribution in [3.05, 3.63) is 52.5 Å². The van der Waals surface area contributed by atoms with Crippen LogP contribution in [0.4, 0.5) is 0 Å². The fourth-order valence-corrected chi connectivity index (χ4v) is 4.91. The van der Waals surface area contributed by atoms with Crippen LogP contribution in [0.15, 0.2) is 41.9 Å². The third kappa shape index (κ3) is 3.91. The van der Waals surface area contributed by atoms with Gasteiger partial charge in [0.05, 0.1) is 31.0 Å². The summed E-state index contributed by atoms with van der Waals surface area (Å²) >= 11 is 7.49. The lowest BCUT2D eigenvalue weighted by Gasteiger charge is -2.29. The molecule has 2 aromatic rings. The van der Waals surface area contributed by atoms with E-state index < -0.39 is 0 Å². The van der Waals surface area contributed by atoms with E-state index in [2.05, 4.69) is 43.7 Å². The summed E-state index contributed by atoms with van der Waals surface area (Å²) in [4.78, 5) is 10.7. The Morgan fingerprint density at radius 2 is 2.08 bits per heavy atom. The summed E-state index contributed by atoms with van der Waals surface area (Å²) < 4.78 is 5.44. The summed E-state index contributed by atoms with van der Waals surface area (Å²) in [6, 6.07) is 10.7. The van der Waals surface area contributed by atoms with Crippen molar-refractivity contribution in [2.45, 2.75) is 18.5 Å². The number of hydrogen-bond acceptors (Lipinski definition) is 5. The predicted octanol–water partition coefficient (Wildman–Crippen LogP) is 2.84. The van der Waals surface area contributed by atoms with Crippen molar-refractivity contribution in [2.24, 2.45) is 0 Å². The van der Waals surface area contributed by atoms with Crippen LogP contribution in [0, 0.1) is 0 Å². The molecule has 0 radical (unpaired) electrons. The van der Waals surface area contributed by atoms with Crippen molar-refractivity contribution in [3.8, 4) is 0 Å². The van der Waals surface area contributed by atoms with Crippen molar-refractivity contribution in [1.82, 2.24) is 20.1 Å². The summed E-state index contributed by atoms with van der Waals surface area (Å²) in [6.45, 7) is 5.82. The number of pyridine rings is 1. The van der Waals surface area contributed by atoms with Crippen LogP contribution < -0.4 is 5.32 Å². The predicted molar refractivity (Wildman–Crippen MR) is 108 cm³/mol. The number of aromatic nitrogens is 1. The second-order valence-electron chi connectivity index (χ2n) is 6.64. The van der Waals surface area contributed by atoms with E-state index in [0.29, 0.717) is 0 Å². The molecule has 2 saturated heterocycles. The minimum absolute atomic E-state index is 0.103. The molecule has 2 aliphatic rings. The number of nitrogens with zero attached hydrogens (tertiary/aromatic N) is 3. The highest BCUT2D eigenvalue weighted by molar-refractivity contribution is 7.80. The molecule has 4 heterocycles. The monoisotopic (exact) mass is 388 g/mol. The molecule has 0 aromatic carbocycles. The van der Waals surface area contributed by atoms with Crippen LogP contribution in [0.3, 0.4) is 0 Å². The van der Waals surface area contributed by atoms with E-state index in [1.54, 1.807) is 11.3 Å². The van der Waals surface area contributed by atoms with Gasteiger partial charge >= 0.3 is 0 Å². The lowest BCUT2D eigenvalue weighted by molar-refractivity contribution is 0.0366. The highest BCUT2D eigenvalue weighted by atomic mass is 32.1. The molecular formula is C19H24N4OS2. The van der Waals surface area contributed by atoms with Gasteiger partial charge < -0.3 is 15.0 Å². The lowest BCUT2D eigenvalue weighted by atomic mass is 10.0. The van der Waals surface area contributed by atoms with Gasteiger partial charge in [-0.3, -0.25) is 9.88 Å². The summed E-state index contributed by atoms with van der Waals surface area (Å²) in [5.74, 6) is 0. The highest BCUT2D eigenvalue weighted by Crippen LogP contribution is 2.40. The van der Waals surface area contributed by atoms with E-state index in [1.807, 2.05) is 18.3 Å². The van der Waals surface area contributed by atoms with Gasteiger partial charge in [0.2, 0.25) is 0 Å².